The zero-order valence-corrected chi connectivity index (χ0v) is 30.5. The number of alkyl carbamates (subject to hydrolysis) is 1. The summed E-state index contributed by atoms with van der Waals surface area (Å²) in [6.45, 7) is 14.5. The Morgan fingerprint density at radius 2 is 1.41 bits per heavy atom. The Hall–Kier alpha value is -4.41. The number of primary amides is 1. The molecule has 3 unspecified atom stereocenters. The van der Waals surface area contributed by atoms with Crippen molar-refractivity contribution in [3.63, 3.8) is 0 Å². The fourth-order valence-corrected chi connectivity index (χ4v) is 5.16. The number of esters is 1. The number of unbranched alkanes of at least 4 members (excludes halogenated alkanes) is 3. The van der Waals surface area contributed by atoms with Crippen molar-refractivity contribution in [2.75, 3.05) is 6.54 Å². The van der Waals surface area contributed by atoms with Crippen molar-refractivity contribution >= 4 is 29.8 Å². The molecule has 0 aromatic heterocycles. The van der Waals surface area contributed by atoms with E-state index in [1.807, 2.05) is 49.4 Å². The second kappa shape index (κ2) is 19.0. The molecule has 2 aromatic carbocycles. The van der Waals surface area contributed by atoms with Gasteiger partial charge in [-0.05, 0) is 72.4 Å². The van der Waals surface area contributed by atoms with Crippen LogP contribution in [0.3, 0.4) is 0 Å². The van der Waals surface area contributed by atoms with Crippen LogP contribution in [0.5, 0.6) is 0 Å². The molecular formula is C38H56N4O7. The number of nitrogens with zero attached hydrogens (tertiary/aromatic N) is 1. The first-order valence-corrected chi connectivity index (χ1v) is 17.1. The summed E-state index contributed by atoms with van der Waals surface area (Å²) in [4.78, 5) is 68.8. The van der Waals surface area contributed by atoms with E-state index < -0.39 is 59.1 Å². The van der Waals surface area contributed by atoms with E-state index in [9.17, 15) is 24.0 Å². The van der Waals surface area contributed by atoms with Crippen molar-refractivity contribution in [3.05, 3.63) is 71.3 Å². The van der Waals surface area contributed by atoms with Crippen LogP contribution < -0.4 is 16.4 Å². The van der Waals surface area contributed by atoms with Crippen LogP contribution in [0, 0.1) is 6.92 Å². The Kier molecular flexibility index (Phi) is 15.8. The number of aryl methyl sites for hydroxylation is 1. The van der Waals surface area contributed by atoms with Crippen molar-refractivity contribution in [3.8, 4) is 0 Å². The quantitative estimate of drug-likeness (QED) is 0.143. The van der Waals surface area contributed by atoms with Crippen LogP contribution in [0.25, 0.3) is 0 Å². The number of carbonyl (C=O) groups excluding carboxylic acids is 5. The van der Waals surface area contributed by atoms with E-state index in [1.54, 1.807) is 53.7 Å². The third-order valence-electron chi connectivity index (χ3n) is 7.45. The highest BCUT2D eigenvalue weighted by Gasteiger charge is 2.38. The summed E-state index contributed by atoms with van der Waals surface area (Å²) < 4.78 is 11.1. The third-order valence-corrected chi connectivity index (χ3v) is 7.45. The normalized spacial score (nSPS) is 13.4. The van der Waals surface area contributed by atoms with Gasteiger partial charge in [0, 0.05) is 19.4 Å². The topological polar surface area (TPSA) is 157 Å². The van der Waals surface area contributed by atoms with Gasteiger partial charge in [0.1, 0.15) is 29.3 Å². The molecule has 11 heteroatoms. The third kappa shape index (κ3) is 15.1. The summed E-state index contributed by atoms with van der Waals surface area (Å²) >= 11 is 0. The molecule has 0 radical (unpaired) electrons. The van der Waals surface area contributed by atoms with Gasteiger partial charge in [-0.25, -0.2) is 9.59 Å². The molecule has 11 nitrogen and oxygen atoms in total. The molecule has 0 aliphatic heterocycles. The van der Waals surface area contributed by atoms with Gasteiger partial charge in [0.05, 0.1) is 0 Å². The highest BCUT2D eigenvalue weighted by Crippen LogP contribution is 2.26. The molecular weight excluding hydrogens is 624 g/mol. The van der Waals surface area contributed by atoms with Gasteiger partial charge in [0.25, 0.3) is 0 Å². The molecule has 0 bridgehead atoms. The summed E-state index contributed by atoms with van der Waals surface area (Å²) in [5, 5.41) is 5.52. The van der Waals surface area contributed by atoms with E-state index in [1.165, 1.54) is 4.90 Å². The average Bonchev–Trinajstić information content (AvgIpc) is 2.99. The monoisotopic (exact) mass is 680 g/mol. The Bertz CT molecular complexity index is 1380. The molecule has 0 heterocycles. The van der Waals surface area contributed by atoms with Gasteiger partial charge in [-0.15, -0.1) is 0 Å². The van der Waals surface area contributed by atoms with Crippen LogP contribution in [-0.4, -0.2) is 64.5 Å². The number of ether oxygens (including phenoxy) is 2. The Balaban J connectivity index is 2.64. The molecule has 0 saturated heterocycles. The highest BCUT2D eigenvalue weighted by molar-refractivity contribution is 5.94. The Labute approximate surface area is 291 Å². The zero-order chi connectivity index (χ0) is 36.8. The molecule has 0 aliphatic carbocycles. The number of carbonyl (C=O) groups is 5. The van der Waals surface area contributed by atoms with Crippen LogP contribution in [0.2, 0.25) is 0 Å². The maximum atomic E-state index is 14.5. The van der Waals surface area contributed by atoms with Crippen LogP contribution in [0.4, 0.5) is 4.79 Å². The summed E-state index contributed by atoms with van der Waals surface area (Å²) in [6, 6.07) is 13.0. The zero-order valence-electron chi connectivity index (χ0n) is 30.5. The number of nitrogens with one attached hydrogen (secondary N) is 2. The van der Waals surface area contributed by atoms with Crippen LogP contribution in [-0.2, 0) is 35.1 Å². The van der Waals surface area contributed by atoms with Crippen molar-refractivity contribution in [2.45, 2.75) is 130 Å². The predicted octanol–water partition coefficient (Wildman–Crippen LogP) is 5.67. The first-order valence-electron chi connectivity index (χ1n) is 17.1. The SMILES string of the molecule is CCCCCCN(C(=O)C(CCC(N)=O)NC(=O)OC(C)(C)C)C(C(=O)NC(Cc1ccccc1)C(=O)OC(C)(C)C)c1ccc(C)cc1. The van der Waals surface area contributed by atoms with Crippen LogP contribution >= 0.6 is 0 Å². The Morgan fingerprint density at radius 1 is 0.796 bits per heavy atom. The molecule has 2 aromatic rings. The second-order valence-corrected chi connectivity index (χ2v) is 14.4. The number of amides is 4. The van der Waals surface area contributed by atoms with E-state index in [2.05, 4.69) is 17.6 Å². The molecule has 270 valence electrons. The second-order valence-electron chi connectivity index (χ2n) is 14.4. The number of hydrogen-bond acceptors (Lipinski definition) is 7. The number of hydrogen-bond donors (Lipinski definition) is 3. The number of nitrogens with two attached hydrogens (primary N) is 1. The van der Waals surface area contributed by atoms with Crippen LogP contribution in [0.15, 0.2) is 54.6 Å². The first-order chi connectivity index (χ1) is 22.9. The highest BCUT2D eigenvalue weighted by atomic mass is 16.6. The van der Waals surface area contributed by atoms with Crippen molar-refractivity contribution < 1.29 is 33.4 Å². The minimum atomic E-state index is -1.22. The van der Waals surface area contributed by atoms with Crippen molar-refractivity contribution in [2.24, 2.45) is 5.73 Å². The van der Waals surface area contributed by atoms with Gasteiger partial charge in [0.2, 0.25) is 17.7 Å². The van der Waals surface area contributed by atoms with Crippen LogP contribution in [0.1, 0.15) is 110 Å². The van der Waals surface area contributed by atoms with Gasteiger partial charge in [0.15, 0.2) is 0 Å². The van der Waals surface area contributed by atoms with E-state index >= 15 is 0 Å². The molecule has 0 spiro atoms. The molecule has 2 rings (SSSR count). The van der Waals surface area contributed by atoms with E-state index in [0.717, 1.165) is 30.4 Å². The molecule has 0 aliphatic rings. The molecule has 3 atom stereocenters. The summed E-state index contributed by atoms with van der Waals surface area (Å²) in [6.07, 6.45) is 2.27. The lowest BCUT2D eigenvalue weighted by Crippen LogP contribution is -2.55. The van der Waals surface area contributed by atoms with Crippen molar-refractivity contribution in [1.82, 2.24) is 15.5 Å². The standard InChI is InChI=1S/C38H56N4O7/c1-9-10-11-15-24-42(34(45)29(22-23-31(39)43)41-36(47)49-38(6,7)8)32(28-20-18-26(2)19-21-28)33(44)40-30(35(46)48-37(3,4)5)25-27-16-13-12-14-17-27/h12-14,16-21,29-30,32H,9-11,15,22-25H2,1-8H3,(H2,39,43)(H,40,44)(H,41,47). The number of benzene rings is 2. The fraction of sp³-hybridized carbons (Fsp3) is 0.553. The first kappa shape index (κ1) is 40.8. The summed E-state index contributed by atoms with van der Waals surface area (Å²) in [7, 11) is 0. The van der Waals surface area contributed by atoms with Crippen molar-refractivity contribution in [1.29, 1.82) is 0 Å². The predicted molar refractivity (Wildman–Crippen MR) is 189 cm³/mol. The molecule has 49 heavy (non-hydrogen) atoms. The average molecular weight is 681 g/mol. The van der Waals surface area contributed by atoms with E-state index in [0.29, 0.717) is 12.0 Å². The van der Waals surface area contributed by atoms with Gasteiger partial charge in [-0.1, -0.05) is 86.3 Å². The molecule has 4 amide bonds. The van der Waals surface area contributed by atoms with Gasteiger partial charge < -0.3 is 30.7 Å². The maximum absolute atomic E-state index is 14.5. The van der Waals surface area contributed by atoms with Gasteiger partial charge in [-0.2, -0.15) is 0 Å². The minimum Gasteiger partial charge on any atom is -0.458 e. The lowest BCUT2D eigenvalue weighted by Gasteiger charge is -2.35. The lowest BCUT2D eigenvalue weighted by atomic mass is 9.98. The molecule has 0 fully saturated rings. The fourth-order valence-electron chi connectivity index (χ4n) is 5.16. The Morgan fingerprint density at radius 3 is 1.96 bits per heavy atom. The van der Waals surface area contributed by atoms with E-state index in [4.69, 9.17) is 15.2 Å². The number of rotatable bonds is 17. The molecule has 4 N–H and O–H groups in total. The smallest absolute Gasteiger partial charge is 0.408 e. The van der Waals surface area contributed by atoms with Gasteiger partial charge >= 0.3 is 12.1 Å². The maximum Gasteiger partial charge on any atom is 0.408 e. The van der Waals surface area contributed by atoms with E-state index in [-0.39, 0.29) is 25.8 Å². The minimum absolute atomic E-state index is 0.102. The molecule has 0 saturated carbocycles. The lowest BCUT2D eigenvalue weighted by molar-refractivity contribution is -0.159. The van der Waals surface area contributed by atoms with Gasteiger partial charge in [-0.3, -0.25) is 14.4 Å². The largest absolute Gasteiger partial charge is 0.458 e. The summed E-state index contributed by atoms with van der Waals surface area (Å²) in [5.74, 6) is -2.43. The summed E-state index contributed by atoms with van der Waals surface area (Å²) in [5.41, 5.74) is 6.07.